The summed E-state index contributed by atoms with van der Waals surface area (Å²) in [5.74, 6) is 1.57. The zero-order chi connectivity index (χ0) is 14.1. The summed E-state index contributed by atoms with van der Waals surface area (Å²) >= 11 is 7.78. The van der Waals surface area contributed by atoms with E-state index in [1.54, 1.807) is 25.6 Å². The van der Waals surface area contributed by atoms with Gasteiger partial charge in [0.25, 0.3) is 0 Å². The van der Waals surface area contributed by atoms with Gasteiger partial charge in [0, 0.05) is 28.8 Å². The van der Waals surface area contributed by atoms with Gasteiger partial charge in [0.15, 0.2) is 0 Å². The van der Waals surface area contributed by atoms with Crippen LogP contribution in [0.3, 0.4) is 0 Å². The van der Waals surface area contributed by atoms with Crippen LogP contribution >= 0.6 is 22.9 Å². The molecule has 2 aromatic rings. The number of hydrogen-bond donors (Lipinski definition) is 1. The van der Waals surface area contributed by atoms with Gasteiger partial charge in [-0.05, 0) is 24.5 Å². The van der Waals surface area contributed by atoms with Gasteiger partial charge >= 0.3 is 0 Å². The van der Waals surface area contributed by atoms with Crippen LogP contribution in [0.1, 0.15) is 22.9 Å². The Kier molecular flexibility index (Phi) is 3.76. The quantitative estimate of drug-likeness (QED) is 0.901. The number of nitrogens with one attached hydrogen (secondary N) is 1. The second kappa shape index (κ2) is 5.54. The highest BCUT2D eigenvalue weighted by atomic mass is 35.5. The number of aryl methyl sites for hydroxylation is 1. The number of anilines is 1. The lowest BCUT2D eigenvalue weighted by atomic mass is 10.1. The average molecular weight is 310 g/mol. The lowest BCUT2D eigenvalue weighted by molar-refractivity contribution is 0.394. The van der Waals surface area contributed by atoms with Crippen molar-refractivity contribution in [1.29, 1.82) is 0 Å². The highest BCUT2D eigenvalue weighted by Gasteiger charge is 2.25. The molecule has 0 fully saturated rings. The summed E-state index contributed by atoms with van der Waals surface area (Å²) in [4.78, 5) is 1.39. The van der Waals surface area contributed by atoms with Crippen LogP contribution < -0.4 is 14.8 Å². The van der Waals surface area contributed by atoms with Crippen molar-refractivity contribution in [2.45, 2.75) is 18.9 Å². The Labute approximate surface area is 127 Å². The topological polar surface area (TPSA) is 30.5 Å². The van der Waals surface area contributed by atoms with E-state index in [0.717, 1.165) is 34.4 Å². The SMILES string of the molecule is COc1cc(NC2CCc3sc(Cl)cc32)cc(OC)c1. The summed E-state index contributed by atoms with van der Waals surface area (Å²) < 4.78 is 11.5. The molecule has 1 heterocycles. The molecule has 106 valence electrons. The standard InChI is InChI=1S/C15H16ClNO2S/c1-18-10-5-9(6-11(7-10)19-2)17-13-3-4-14-12(13)8-15(16)20-14/h5-8,13,17H,3-4H2,1-2H3. The molecule has 5 heteroatoms. The molecular formula is C15H16ClNO2S. The summed E-state index contributed by atoms with van der Waals surface area (Å²) in [6.07, 6.45) is 2.18. The molecule has 3 nitrogen and oxygen atoms in total. The van der Waals surface area contributed by atoms with Crippen molar-refractivity contribution in [3.05, 3.63) is 39.0 Å². The zero-order valence-electron chi connectivity index (χ0n) is 11.4. The van der Waals surface area contributed by atoms with E-state index in [1.165, 1.54) is 10.4 Å². The van der Waals surface area contributed by atoms with E-state index in [-0.39, 0.29) is 0 Å². The third-order valence-corrected chi connectivity index (χ3v) is 4.88. The van der Waals surface area contributed by atoms with E-state index < -0.39 is 0 Å². The molecule has 3 rings (SSSR count). The van der Waals surface area contributed by atoms with E-state index in [0.29, 0.717) is 6.04 Å². The van der Waals surface area contributed by atoms with Crippen LogP contribution in [0.25, 0.3) is 0 Å². The van der Waals surface area contributed by atoms with Crippen LogP contribution in [0.4, 0.5) is 5.69 Å². The molecule has 0 aliphatic heterocycles. The van der Waals surface area contributed by atoms with Crippen LogP contribution in [-0.4, -0.2) is 14.2 Å². The van der Waals surface area contributed by atoms with Gasteiger partial charge in [-0.1, -0.05) is 11.6 Å². The first-order chi connectivity index (χ1) is 9.69. The van der Waals surface area contributed by atoms with Crippen molar-refractivity contribution in [3.8, 4) is 11.5 Å². The predicted molar refractivity (Wildman–Crippen MR) is 83.6 cm³/mol. The van der Waals surface area contributed by atoms with Crippen LogP contribution in [0, 0.1) is 0 Å². The number of thiophene rings is 1. The summed E-state index contributed by atoms with van der Waals surface area (Å²) in [5.41, 5.74) is 2.32. The first kappa shape index (κ1) is 13.6. The molecule has 1 aliphatic carbocycles. The van der Waals surface area contributed by atoms with Crippen molar-refractivity contribution in [2.75, 3.05) is 19.5 Å². The molecule has 0 spiro atoms. The molecule has 1 aromatic heterocycles. The minimum Gasteiger partial charge on any atom is -0.497 e. The Hall–Kier alpha value is -1.39. The monoisotopic (exact) mass is 309 g/mol. The molecule has 20 heavy (non-hydrogen) atoms. The van der Waals surface area contributed by atoms with Crippen molar-refractivity contribution in [2.24, 2.45) is 0 Å². The lowest BCUT2D eigenvalue weighted by Gasteiger charge is -2.16. The largest absolute Gasteiger partial charge is 0.497 e. The molecule has 0 saturated heterocycles. The van der Waals surface area contributed by atoms with Crippen LogP contribution in [0.2, 0.25) is 4.34 Å². The normalized spacial score (nSPS) is 16.9. The van der Waals surface area contributed by atoms with Crippen LogP contribution in [0.15, 0.2) is 24.3 Å². The number of rotatable bonds is 4. The van der Waals surface area contributed by atoms with E-state index in [4.69, 9.17) is 21.1 Å². The minimum absolute atomic E-state index is 0.311. The fourth-order valence-electron chi connectivity index (χ4n) is 2.57. The highest BCUT2D eigenvalue weighted by Crippen LogP contribution is 2.41. The minimum atomic E-state index is 0.311. The molecule has 0 radical (unpaired) electrons. The molecule has 0 saturated carbocycles. The van der Waals surface area contributed by atoms with Crippen molar-refractivity contribution >= 4 is 28.6 Å². The third kappa shape index (κ3) is 2.58. The zero-order valence-corrected chi connectivity index (χ0v) is 13.0. The number of fused-ring (bicyclic) bond motifs is 1. The highest BCUT2D eigenvalue weighted by molar-refractivity contribution is 7.16. The Balaban J connectivity index is 1.85. The smallest absolute Gasteiger partial charge is 0.124 e. The molecule has 1 aromatic carbocycles. The molecule has 1 N–H and O–H groups in total. The van der Waals surface area contributed by atoms with Gasteiger partial charge in [0.1, 0.15) is 11.5 Å². The van der Waals surface area contributed by atoms with Gasteiger partial charge in [0.05, 0.1) is 24.6 Å². The Bertz CT molecular complexity index is 604. The second-order valence-corrected chi connectivity index (χ2v) is 6.53. The molecule has 0 bridgehead atoms. The van der Waals surface area contributed by atoms with Gasteiger partial charge in [-0.3, -0.25) is 0 Å². The third-order valence-electron chi connectivity index (χ3n) is 3.54. The fraction of sp³-hybridized carbons (Fsp3) is 0.333. The van der Waals surface area contributed by atoms with Crippen LogP contribution in [0.5, 0.6) is 11.5 Å². The lowest BCUT2D eigenvalue weighted by Crippen LogP contribution is -2.06. The summed E-state index contributed by atoms with van der Waals surface area (Å²) in [6.45, 7) is 0. The van der Waals surface area contributed by atoms with E-state index >= 15 is 0 Å². The van der Waals surface area contributed by atoms with Crippen molar-refractivity contribution in [3.63, 3.8) is 0 Å². The fourth-order valence-corrected chi connectivity index (χ4v) is 3.93. The summed E-state index contributed by atoms with van der Waals surface area (Å²) in [6, 6.07) is 8.21. The molecular weight excluding hydrogens is 294 g/mol. The Morgan fingerprint density at radius 3 is 2.50 bits per heavy atom. The van der Waals surface area contributed by atoms with Gasteiger partial charge < -0.3 is 14.8 Å². The second-order valence-electron chi connectivity index (χ2n) is 4.77. The molecule has 0 amide bonds. The first-order valence-electron chi connectivity index (χ1n) is 6.47. The first-order valence-corrected chi connectivity index (χ1v) is 7.66. The maximum atomic E-state index is 6.09. The maximum absolute atomic E-state index is 6.09. The molecule has 1 unspecified atom stereocenters. The maximum Gasteiger partial charge on any atom is 0.124 e. The number of methoxy groups -OCH3 is 2. The summed E-state index contributed by atoms with van der Waals surface area (Å²) in [5, 5.41) is 3.55. The molecule has 1 aliphatic rings. The number of benzene rings is 1. The molecule has 1 atom stereocenters. The summed E-state index contributed by atoms with van der Waals surface area (Å²) in [7, 11) is 3.32. The predicted octanol–water partition coefficient (Wildman–Crippen LogP) is 4.52. The number of hydrogen-bond acceptors (Lipinski definition) is 4. The van der Waals surface area contributed by atoms with Gasteiger partial charge in [-0.15, -0.1) is 11.3 Å². The van der Waals surface area contributed by atoms with Gasteiger partial charge in [-0.25, -0.2) is 0 Å². The van der Waals surface area contributed by atoms with E-state index in [9.17, 15) is 0 Å². The van der Waals surface area contributed by atoms with Crippen LogP contribution in [-0.2, 0) is 6.42 Å². The average Bonchev–Trinajstić information content (AvgIpc) is 2.99. The Morgan fingerprint density at radius 2 is 1.85 bits per heavy atom. The number of halogens is 1. The number of ether oxygens (including phenoxy) is 2. The van der Waals surface area contributed by atoms with Crippen molar-refractivity contribution < 1.29 is 9.47 Å². The van der Waals surface area contributed by atoms with Gasteiger partial charge in [0.2, 0.25) is 0 Å². The van der Waals surface area contributed by atoms with E-state index in [2.05, 4.69) is 11.4 Å². The van der Waals surface area contributed by atoms with Crippen molar-refractivity contribution in [1.82, 2.24) is 0 Å². The van der Waals surface area contributed by atoms with E-state index in [1.807, 2.05) is 18.2 Å². The Morgan fingerprint density at radius 1 is 1.15 bits per heavy atom. The van der Waals surface area contributed by atoms with Gasteiger partial charge in [-0.2, -0.15) is 0 Å².